The van der Waals surface area contributed by atoms with Crippen LogP contribution in [0.2, 0.25) is 0 Å². The molecule has 5 nitrogen and oxygen atoms in total. The van der Waals surface area contributed by atoms with Gasteiger partial charge in [-0.1, -0.05) is 31.0 Å². The number of aromatic nitrogens is 3. The third-order valence-electron chi connectivity index (χ3n) is 4.47. The molecule has 2 saturated carbocycles. The highest BCUT2D eigenvalue weighted by molar-refractivity contribution is 8.00. The monoisotopic (exact) mass is 323 g/mol. The zero-order valence-electron chi connectivity index (χ0n) is 13.5. The molecule has 6 heteroatoms. The normalized spacial score (nSPS) is 20.8. The van der Waals surface area contributed by atoms with Crippen molar-refractivity contribution in [3.8, 4) is 0 Å². The number of carbonyl (C=O) groups excluding carboxylic acids is 1. The Morgan fingerprint density at radius 2 is 2.00 bits per heavy atom. The molecule has 0 aromatic carbocycles. The van der Waals surface area contributed by atoms with Gasteiger partial charge in [-0.05, 0) is 39.5 Å². The van der Waals surface area contributed by atoms with Gasteiger partial charge in [-0.3, -0.25) is 4.79 Å². The fraction of sp³-hybridized carbons (Fsp3) is 0.812. The molecular weight excluding hydrogens is 298 g/mol. The summed E-state index contributed by atoms with van der Waals surface area (Å²) in [5, 5.41) is 9.52. The average molecular weight is 323 g/mol. The van der Waals surface area contributed by atoms with Crippen LogP contribution in [0.3, 0.4) is 0 Å². The first kappa shape index (κ1) is 15.8. The first-order valence-electron chi connectivity index (χ1n) is 8.48. The number of carbonyl (C=O) groups is 1. The first-order chi connectivity index (χ1) is 10.7. The van der Waals surface area contributed by atoms with E-state index in [4.69, 9.17) is 4.74 Å². The van der Waals surface area contributed by atoms with Crippen LogP contribution in [0.4, 0.5) is 0 Å². The van der Waals surface area contributed by atoms with Crippen molar-refractivity contribution in [1.29, 1.82) is 0 Å². The van der Waals surface area contributed by atoms with Crippen molar-refractivity contribution in [3.05, 3.63) is 5.82 Å². The number of hydrogen-bond donors (Lipinski definition) is 0. The lowest BCUT2D eigenvalue weighted by molar-refractivity contribution is -0.142. The van der Waals surface area contributed by atoms with Crippen LogP contribution < -0.4 is 0 Å². The summed E-state index contributed by atoms with van der Waals surface area (Å²) in [7, 11) is 0. The minimum Gasteiger partial charge on any atom is -0.465 e. The minimum absolute atomic E-state index is 0.168. The van der Waals surface area contributed by atoms with Crippen LogP contribution in [-0.4, -0.2) is 32.6 Å². The molecule has 0 radical (unpaired) electrons. The molecular formula is C16H25N3O2S. The van der Waals surface area contributed by atoms with Gasteiger partial charge in [0.1, 0.15) is 11.1 Å². The van der Waals surface area contributed by atoms with Gasteiger partial charge in [0.2, 0.25) is 0 Å². The Balaban J connectivity index is 1.79. The number of hydrogen-bond acceptors (Lipinski definition) is 5. The lowest BCUT2D eigenvalue weighted by Gasteiger charge is -2.26. The van der Waals surface area contributed by atoms with E-state index < -0.39 is 0 Å². The van der Waals surface area contributed by atoms with Crippen molar-refractivity contribution in [3.63, 3.8) is 0 Å². The Bertz CT molecular complexity index is 521. The van der Waals surface area contributed by atoms with E-state index in [-0.39, 0.29) is 11.2 Å². The molecule has 0 bridgehead atoms. The lowest BCUT2D eigenvalue weighted by Crippen LogP contribution is -2.20. The molecule has 22 heavy (non-hydrogen) atoms. The van der Waals surface area contributed by atoms with Gasteiger partial charge in [-0.15, -0.1) is 10.2 Å². The predicted octanol–water partition coefficient (Wildman–Crippen LogP) is 3.70. The van der Waals surface area contributed by atoms with Crippen molar-refractivity contribution in [2.45, 2.75) is 81.2 Å². The van der Waals surface area contributed by atoms with Gasteiger partial charge in [0.15, 0.2) is 5.16 Å². The van der Waals surface area contributed by atoms with Crippen molar-refractivity contribution in [1.82, 2.24) is 14.8 Å². The van der Waals surface area contributed by atoms with Crippen LogP contribution in [0.5, 0.6) is 0 Å². The molecule has 0 aliphatic heterocycles. The van der Waals surface area contributed by atoms with Gasteiger partial charge in [-0.25, -0.2) is 0 Å². The fourth-order valence-corrected chi connectivity index (χ4v) is 4.06. The van der Waals surface area contributed by atoms with Gasteiger partial charge >= 0.3 is 5.97 Å². The van der Waals surface area contributed by atoms with Crippen molar-refractivity contribution in [2.24, 2.45) is 0 Å². The molecule has 3 rings (SSSR count). The van der Waals surface area contributed by atoms with Gasteiger partial charge < -0.3 is 9.30 Å². The lowest BCUT2D eigenvalue weighted by atomic mass is 9.95. The van der Waals surface area contributed by atoms with Gasteiger partial charge in [-0.2, -0.15) is 0 Å². The van der Waals surface area contributed by atoms with E-state index in [0.29, 0.717) is 18.6 Å². The Kier molecular flexibility index (Phi) is 5.06. The summed E-state index contributed by atoms with van der Waals surface area (Å²) in [5.41, 5.74) is 0. The summed E-state index contributed by atoms with van der Waals surface area (Å²) in [6.07, 6.45) is 8.76. The average Bonchev–Trinajstić information content (AvgIpc) is 3.29. The molecule has 0 unspecified atom stereocenters. The van der Waals surface area contributed by atoms with E-state index in [9.17, 15) is 4.79 Å². The van der Waals surface area contributed by atoms with Crippen molar-refractivity contribution >= 4 is 17.7 Å². The zero-order chi connectivity index (χ0) is 15.5. The highest BCUT2D eigenvalue weighted by Gasteiger charge is 2.34. The maximum absolute atomic E-state index is 11.9. The van der Waals surface area contributed by atoms with E-state index in [1.165, 1.54) is 56.7 Å². The summed E-state index contributed by atoms with van der Waals surface area (Å²) in [6.45, 7) is 4.15. The number of ether oxygens (including phenoxy) is 1. The quantitative estimate of drug-likeness (QED) is 0.590. The minimum atomic E-state index is -0.237. The molecule has 0 amide bonds. The fourth-order valence-electron chi connectivity index (χ4n) is 3.14. The number of nitrogens with zero attached hydrogens (tertiary/aromatic N) is 3. The van der Waals surface area contributed by atoms with Crippen LogP contribution in [-0.2, 0) is 9.53 Å². The maximum Gasteiger partial charge on any atom is 0.319 e. The van der Waals surface area contributed by atoms with Crippen LogP contribution in [0.15, 0.2) is 5.16 Å². The van der Waals surface area contributed by atoms with Gasteiger partial charge in [0.25, 0.3) is 0 Å². The molecule has 0 spiro atoms. The van der Waals surface area contributed by atoms with E-state index in [1.807, 2.05) is 13.8 Å². The van der Waals surface area contributed by atoms with Crippen molar-refractivity contribution in [2.75, 3.05) is 6.61 Å². The third-order valence-corrected chi connectivity index (χ3v) is 5.51. The number of esters is 1. The second-order valence-electron chi connectivity index (χ2n) is 6.29. The van der Waals surface area contributed by atoms with Crippen LogP contribution in [0.1, 0.15) is 76.6 Å². The summed E-state index contributed by atoms with van der Waals surface area (Å²) in [5.74, 6) is 1.56. The molecule has 1 atom stereocenters. The summed E-state index contributed by atoms with van der Waals surface area (Å²) in [4.78, 5) is 11.9. The largest absolute Gasteiger partial charge is 0.465 e. The van der Waals surface area contributed by atoms with Crippen LogP contribution >= 0.6 is 11.8 Å². The number of thioether (sulfide) groups is 1. The van der Waals surface area contributed by atoms with E-state index >= 15 is 0 Å². The SMILES string of the molecule is CCOC(=O)[C@H](C)Sc1nnc(C2CC2)n1C1CCCCC1. The van der Waals surface area contributed by atoms with E-state index in [1.54, 1.807) is 0 Å². The second-order valence-corrected chi connectivity index (χ2v) is 7.60. The molecule has 0 N–H and O–H groups in total. The molecule has 2 aliphatic rings. The van der Waals surface area contributed by atoms with E-state index in [2.05, 4.69) is 14.8 Å². The smallest absolute Gasteiger partial charge is 0.319 e. The zero-order valence-corrected chi connectivity index (χ0v) is 14.3. The Labute approximate surface area is 136 Å². The summed E-state index contributed by atoms with van der Waals surface area (Å²) in [6, 6.07) is 0.510. The first-order valence-corrected chi connectivity index (χ1v) is 9.36. The molecule has 0 saturated heterocycles. The molecule has 2 fully saturated rings. The molecule has 2 aliphatic carbocycles. The Morgan fingerprint density at radius 1 is 1.27 bits per heavy atom. The topological polar surface area (TPSA) is 57.0 Å². The highest BCUT2D eigenvalue weighted by Crippen LogP contribution is 2.43. The Hall–Kier alpha value is -1.04. The van der Waals surface area contributed by atoms with E-state index in [0.717, 1.165) is 11.0 Å². The van der Waals surface area contributed by atoms with Crippen molar-refractivity contribution < 1.29 is 9.53 Å². The maximum atomic E-state index is 11.9. The predicted molar refractivity (Wildman–Crippen MR) is 86.1 cm³/mol. The third kappa shape index (κ3) is 3.47. The molecule has 122 valence electrons. The summed E-state index contributed by atoms with van der Waals surface area (Å²) < 4.78 is 7.46. The number of rotatable bonds is 6. The second kappa shape index (κ2) is 7.02. The van der Waals surface area contributed by atoms with Gasteiger partial charge in [0, 0.05) is 12.0 Å². The summed E-state index contributed by atoms with van der Waals surface area (Å²) >= 11 is 1.49. The highest BCUT2D eigenvalue weighted by atomic mass is 32.2. The van der Waals surface area contributed by atoms with Crippen LogP contribution in [0.25, 0.3) is 0 Å². The van der Waals surface area contributed by atoms with Crippen LogP contribution in [0, 0.1) is 0 Å². The molecule has 1 heterocycles. The standard InChI is InChI=1S/C16H25N3O2S/c1-3-21-15(20)11(2)22-16-18-17-14(12-9-10-12)19(16)13-7-5-4-6-8-13/h11-13H,3-10H2,1-2H3/t11-/m0/s1. The molecule has 1 aromatic rings. The molecule has 1 aromatic heterocycles. The van der Waals surface area contributed by atoms with Gasteiger partial charge in [0.05, 0.1) is 6.61 Å². The Morgan fingerprint density at radius 3 is 2.64 bits per heavy atom.